The molecular weight excluding hydrogens is 397 g/mol. The number of nitrogens with one attached hydrogen (secondary N) is 1. The van der Waals surface area contributed by atoms with Crippen LogP contribution in [0.1, 0.15) is 0 Å². The van der Waals surface area contributed by atoms with Crippen molar-refractivity contribution < 1.29 is 18.0 Å². The summed E-state index contributed by atoms with van der Waals surface area (Å²) in [6, 6.07) is 8.26. The largest absolute Gasteiger partial charge is 0.301 e. The van der Waals surface area contributed by atoms with E-state index in [4.69, 9.17) is 0 Å². The van der Waals surface area contributed by atoms with Gasteiger partial charge in [-0.1, -0.05) is 41.3 Å². The van der Waals surface area contributed by atoms with Crippen LogP contribution >= 0.6 is 23.1 Å². The standard InChI is InChI=1S/C17H9F3N4OS2/c18-9-5-11-15(14(20)13(9)19)24-17(27-11)23-12(25)6-26-16-8-3-1-2-4-10(8)21-7-22-16/h1-5,7H,6H2,(H,23,24,25). The van der Waals surface area contributed by atoms with Gasteiger partial charge in [0.1, 0.15) is 16.9 Å². The van der Waals surface area contributed by atoms with Crippen LogP contribution < -0.4 is 5.32 Å². The lowest BCUT2D eigenvalue weighted by molar-refractivity contribution is -0.113. The predicted molar refractivity (Wildman–Crippen MR) is 98.4 cm³/mol. The molecule has 0 bridgehead atoms. The molecule has 2 aromatic carbocycles. The minimum absolute atomic E-state index is 0.0299. The molecule has 0 saturated heterocycles. The van der Waals surface area contributed by atoms with E-state index in [1.54, 1.807) is 0 Å². The number of anilines is 1. The number of para-hydroxylation sites is 1. The number of amides is 1. The fourth-order valence-electron chi connectivity index (χ4n) is 2.41. The molecule has 0 spiro atoms. The molecular formula is C17H9F3N4OS2. The van der Waals surface area contributed by atoms with Crippen LogP contribution in [0.4, 0.5) is 18.3 Å². The highest BCUT2D eigenvalue weighted by Crippen LogP contribution is 2.31. The summed E-state index contributed by atoms with van der Waals surface area (Å²) in [5.41, 5.74) is 0.449. The van der Waals surface area contributed by atoms with E-state index < -0.39 is 23.4 Å². The number of hydrogen-bond acceptors (Lipinski definition) is 6. The molecule has 0 aliphatic rings. The summed E-state index contributed by atoms with van der Waals surface area (Å²) < 4.78 is 40.4. The lowest BCUT2D eigenvalue weighted by Crippen LogP contribution is -2.13. The van der Waals surface area contributed by atoms with Gasteiger partial charge >= 0.3 is 0 Å². The van der Waals surface area contributed by atoms with Crippen LogP contribution in [0.15, 0.2) is 41.7 Å². The molecule has 0 aliphatic carbocycles. The van der Waals surface area contributed by atoms with Crippen molar-refractivity contribution in [2.45, 2.75) is 5.03 Å². The first kappa shape index (κ1) is 17.7. The Hall–Kier alpha value is -2.72. The second kappa shape index (κ2) is 7.12. The van der Waals surface area contributed by atoms with Gasteiger partial charge in [-0.2, -0.15) is 0 Å². The molecule has 10 heteroatoms. The summed E-state index contributed by atoms with van der Waals surface area (Å²) in [4.78, 5) is 24.3. The van der Waals surface area contributed by atoms with Crippen molar-refractivity contribution in [3.05, 3.63) is 54.1 Å². The smallest absolute Gasteiger partial charge is 0.236 e. The minimum Gasteiger partial charge on any atom is -0.301 e. The zero-order chi connectivity index (χ0) is 19.0. The first-order chi connectivity index (χ1) is 13.0. The minimum atomic E-state index is -1.59. The van der Waals surface area contributed by atoms with Crippen LogP contribution in [0.3, 0.4) is 0 Å². The van der Waals surface area contributed by atoms with Crippen molar-refractivity contribution in [2.24, 2.45) is 0 Å². The number of thioether (sulfide) groups is 1. The number of aromatic nitrogens is 3. The fraction of sp³-hybridized carbons (Fsp3) is 0.0588. The number of carbonyl (C=O) groups excluding carboxylic acids is 1. The maximum Gasteiger partial charge on any atom is 0.236 e. The topological polar surface area (TPSA) is 67.8 Å². The third-order valence-corrected chi connectivity index (χ3v) is 5.54. The van der Waals surface area contributed by atoms with E-state index >= 15 is 0 Å². The van der Waals surface area contributed by atoms with E-state index in [-0.39, 0.29) is 21.1 Å². The van der Waals surface area contributed by atoms with Crippen molar-refractivity contribution >= 4 is 55.3 Å². The molecule has 0 atom stereocenters. The Kier molecular flexibility index (Phi) is 4.66. The molecule has 4 rings (SSSR count). The molecule has 0 fully saturated rings. The Morgan fingerprint density at radius 1 is 1.15 bits per heavy atom. The molecule has 1 amide bonds. The number of thiazole rings is 1. The van der Waals surface area contributed by atoms with Gasteiger partial charge in [-0.25, -0.2) is 28.1 Å². The highest BCUT2D eigenvalue weighted by Gasteiger charge is 2.18. The second-order valence-electron chi connectivity index (χ2n) is 5.38. The van der Waals surface area contributed by atoms with Gasteiger partial charge in [0.05, 0.1) is 16.0 Å². The third-order valence-electron chi connectivity index (χ3n) is 3.61. The SMILES string of the molecule is O=C(CSc1ncnc2ccccc12)Nc1nc2c(F)c(F)c(F)cc2s1. The Bertz CT molecular complexity index is 1180. The highest BCUT2D eigenvalue weighted by molar-refractivity contribution is 8.00. The summed E-state index contributed by atoms with van der Waals surface area (Å²) in [6.07, 6.45) is 1.42. The second-order valence-corrected chi connectivity index (χ2v) is 7.38. The van der Waals surface area contributed by atoms with Crippen LogP contribution in [0, 0.1) is 17.5 Å². The van der Waals surface area contributed by atoms with Gasteiger partial charge in [-0.3, -0.25) is 4.79 Å². The number of rotatable bonds is 4. The molecule has 0 unspecified atom stereocenters. The zero-order valence-electron chi connectivity index (χ0n) is 13.4. The van der Waals surface area contributed by atoms with Crippen LogP contribution in [0.5, 0.6) is 0 Å². The fourth-order valence-corrected chi connectivity index (χ4v) is 4.11. The number of halogens is 3. The number of fused-ring (bicyclic) bond motifs is 2. The van der Waals surface area contributed by atoms with Gasteiger partial charge in [0.25, 0.3) is 0 Å². The van der Waals surface area contributed by atoms with Crippen LogP contribution in [0.2, 0.25) is 0 Å². The summed E-state index contributed by atoms with van der Waals surface area (Å²) in [6.45, 7) is 0. The number of hydrogen-bond donors (Lipinski definition) is 1. The molecule has 2 heterocycles. The normalized spacial score (nSPS) is 11.2. The molecule has 0 aliphatic heterocycles. The average molecular weight is 406 g/mol. The Morgan fingerprint density at radius 3 is 2.81 bits per heavy atom. The van der Waals surface area contributed by atoms with Gasteiger partial charge in [-0.15, -0.1) is 0 Å². The Morgan fingerprint density at radius 2 is 1.96 bits per heavy atom. The summed E-state index contributed by atoms with van der Waals surface area (Å²) >= 11 is 2.07. The molecule has 27 heavy (non-hydrogen) atoms. The average Bonchev–Trinajstić information content (AvgIpc) is 3.06. The van der Waals surface area contributed by atoms with Crippen molar-refractivity contribution in [1.29, 1.82) is 0 Å². The molecule has 0 saturated carbocycles. The monoisotopic (exact) mass is 406 g/mol. The van der Waals surface area contributed by atoms with E-state index in [1.807, 2.05) is 24.3 Å². The van der Waals surface area contributed by atoms with Crippen molar-refractivity contribution in [1.82, 2.24) is 15.0 Å². The van der Waals surface area contributed by atoms with Crippen LogP contribution in [-0.2, 0) is 4.79 Å². The van der Waals surface area contributed by atoms with Gasteiger partial charge in [0.2, 0.25) is 5.91 Å². The number of carbonyl (C=O) groups is 1. The molecule has 4 aromatic rings. The molecule has 136 valence electrons. The van der Waals surface area contributed by atoms with Crippen molar-refractivity contribution in [3.8, 4) is 0 Å². The highest BCUT2D eigenvalue weighted by atomic mass is 32.2. The van der Waals surface area contributed by atoms with E-state index in [1.165, 1.54) is 18.1 Å². The van der Waals surface area contributed by atoms with Crippen molar-refractivity contribution in [3.63, 3.8) is 0 Å². The lowest BCUT2D eigenvalue weighted by atomic mass is 10.2. The van der Waals surface area contributed by atoms with E-state index in [9.17, 15) is 18.0 Å². The van der Waals surface area contributed by atoms with Gasteiger partial charge < -0.3 is 5.32 Å². The first-order valence-corrected chi connectivity index (χ1v) is 9.39. The molecule has 2 aromatic heterocycles. The van der Waals surface area contributed by atoms with Crippen molar-refractivity contribution in [2.75, 3.05) is 11.1 Å². The maximum absolute atomic E-state index is 13.7. The first-order valence-electron chi connectivity index (χ1n) is 7.59. The maximum atomic E-state index is 13.7. The zero-order valence-corrected chi connectivity index (χ0v) is 15.0. The van der Waals surface area contributed by atoms with Gasteiger partial charge in [-0.05, 0) is 12.1 Å². The van der Waals surface area contributed by atoms with Crippen LogP contribution in [0.25, 0.3) is 21.1 Å². The summed E-state index contributed by atoms with van der Waals surface area (Å²) in [7, 11) is 0. The van der Waals surface area contributed by atoms with E-state index in [0.29, 0.717) is 5.03 Å². The predicted octanol–water partition coefficient (Wildman–Crippen LogP) is 4.39. The van der Waals surface area contributed by atoms with Gasteiger partial charge in [0, 0.05) is 5.39 Å². The summed E-state index contributed by atoms with van der Waals surface area (Å²) in [5.74, 6) is -4.63. The third kappa shape index (κ3) is 3.45. The Labute approximate surface area is 158 Å². The molecule has 0 radical (unpaired) electrons. The Balaban J connectivity index is 1.50. The number of benzene rings is 2. The summed E-state index contributed by atoms with van der Waals surface area (Å²) in [5, 5.41) is 4.04. The lowest BCUT2D eigenvalue weighted by Gasteiger charge is -2.04. The molecule has 1 N–H and O–H groups in total. The quantitative estimate of drug-likeness (QED) is 0.309. The van der Waals surface area contributed by atoms with E-state index in [0.717, 1.165) is 28.3 Å². The van der Waals surface area contributed by atoms with Gasteiger partial charge in [0.15, 0.2) is 22.6 Å². The van der Waals surface area contributed by atoms with Crippen LogP contribution in [-0.4, -0.2) is 26.6 Å². The molecule has 5 nitrogen and oxygen atoms in total. The van der Waals surface area contributed by atoms with E-state index in [2.05, 4.69) is 20.3 Å². The number of nitrogens with zero attached hydrogens (tertiary/aromatic N) is 3.